The van der Waals surface area contributed by atoms with Crippen LogP contribution in [0.1, 0.15) is 72.9 Å². The molecule has 0 aliphatic carbocycles. The van der Waals surface area contributed by atoms with E-state index in [9.17, 15) is 9.18 Å². The maximum atomic E-state index is 13.2. The molecule has 1 atom stereocenters. The van der Waals surface area contributed by atoms with Gasteiger partial charge in [-0.3, -0.25) is 9.69 Å². The molecule has 1 amide bonds. The minimum atomic E-state index is -0.258. The summed E-state index contributed by atoms with van der Waals surface area (Å²) in [6, 6.07) is 32.7. The van der Waals surface area contributed by atoms with Crippen LogP contribution in [0.5, 0.6) is 11.5 Å². The predicted octanol–water partition coefficient (Wildman–Crippen LogP) is 8.06. The third-order valence-corrected chi connectivity index (χ3v) is 9.67. The lowest BCUT2D eigenvalue weighted by Gasteiger charge is -2.39. The number of hydrogen-bond acceptors (Lipinski definition) is 4. The molecular weight excluding hydrogens is 575 g/mol. The SMILES string of the molecule is COc1cc2c(cc1OC)C(C)N(CCCC(CCCNC(=O)CCc1ccc(F)cc1)(c1ccccc1)c1ccccc1)CC2. The molecule has 0 fully saturated rings. The fourth-order valence-corrected chi connectivity index (χ4v) is 7.08. The van der Waals surface area contributed by atoms with Crippen LogP contribution in [0.3, 0.4) is 0 Å². The van der Waals surface area contributed by atoms with Gasteiger partial charge in [0.25, 0.3) is 0 Å². The van der Waals surface area contributed by atoms with Crippen LogP contribution in [0.25, 0.3) is 0 Å². The van der Waals surface area contributed by atoms with Crippen LogP contribution in [-0.2, 0) is 23.1 Å². The highest BCUT2D eigenvalue weighted by Gasteiger charge is 2.34. The number of amides is 1. The first-order valence-electron chi connectivity index (χ1n) is 16.5. The molecule has 5 nitrogen and oxygen atoms in total. The zero-order valence-corrected chi connectivity index (χ0v) is 27.4. The van der Waals surface area contributed by atoms with Crippen molar-refractivity contribution in [3.8, 4) is 11.5 Å². The molecule has 0 bridgehead atoms. The molecule has 1 N–H and O–H groups in total. The van der Waals surface area contributed by atoms with E-state index in [-0.39, 0.29) is 23.2 Å². The summed E-state index contributed by atoms with van der Waals surface area (Å²) >= 11 is 0. The fourth-order valence-electron chi connectivity index (χ4n) is 7.08. The summed E-state index contributed by atoms with van der Waals surface area (Å²) in [5.41, 5.74) is 6.08. The van der Waals surface area contributed by atoms with E-state index < -0.39 is 0 Å². The van der Waals surface area contributed by atoms with Crippen LogP contribution in [0.15, 0.2) is 97.1 Å². The van der Waals surface area contributed by atoms with Gasteiger partial charge in [-0.15, -0.1) is 0 Å². The van der Waals surface area contributed by atoms with Crippen LogP contribution in [0.4, 0.5) is 4.39 Å². The number of ether oxygens (including phenoxy) is 2. The number of fused-ring (bicyclic) bond motifs is 1. The van der Waals surface area contributed by atoms with Gasteiger partial charge in [-0.25, -0.2) is 4.39 Å². The Morgan fingerprint density at radius 2 is 1.48 bits per heavy atom. The molecule has 1 heterocycles. The second kappa shape index (κ2) is 15.9. The Morgan fingerprint density at radius 3 is 2.11 bits per heavy atom. The minimum absolute atomic E-state index is 0.0305. The van der Waals surface area contributed by atoms with Crippen molar-refractivity contribution in [3.63, 3.8) is 0 Å². The molecule has 242 valence electrons. The Kier molecular flexibility index (Phi) is 11.5. The predicted molar refractivity (Wildman–Crippen MR) is 183 cm³/mol. The number of carbonyl (C=O) groups is 1. The smallest absolute Gasteiger partial charge is 0.220 e. The molecule has 6 heteroatoms. The van der Waals surface area contributed by atoms with Gasteiger partial charge in [0.1, 0.15) is 5.82 Å². The second-order valence-corrected chi connectivity index (χ2v) is 12.4. The Bertz CT molecular complexity index is 1500. The monoisotopic (exact) mass is 622 g/mol. The Morgan fingerprint density at radius 1 is 0.870 bits per heavy atom. The molecule has 0 saturated heterocycles. The highest BCUT2D eigenvalue weighted by Crippen LogP contribution is 2.42. The first-order chi connectivity index (χ1) is 22.4. The van der Waals surface area contributed by atoms with Gasteiger partial charge in [0, 0.05) is 31.0 Å². The number of methoxy groups -OCH3 is 2. The molecule has 5 rings (SSSR count). The van der Waals surface area contributed by atoms with Crippen molar-refractivity contribution in [2.75, 3.05) is 33.9 Å². The normalized spacial score (nSPS) is 14.8. The third kappa shape index (κ3) is 7.97. The number of benzene rings is 4. The van der Waals surface area contributed by atoms with E-state index in [0.717, 1.165) is 62.3 Å². The first-order valence-corrected chi connectivity index (χ1v) is 16.5. The number of aryl methyl sites for hydroxylation is 1. The van der Waals surface area contributed by atoms with Gasteiger partial charge >= 0.3 is 0 Å². The van der Waals surface area contributed by atoms with Crippen molar-refractivity contribution < 1.29 is 18.7 Å². The van der Waals surface area contributed by atoms with E-state index in [1.807, 2.05) is 0 Å². The Hall–Kier alpha value is -4.16. The van der Waals surface area contributed by atoms with Crippen LogP contribution < -0.4 is 14.8 Å². The first kappa shape index (κ1) is 33.2. The maximum absolute atomic E-state index is 13.2. The van der Waals surface area contributed by atoms with Crippen LogP contribution in [0, 0.1) is 5.82 Å². The summed E-state index contributed by atoms with van der Waals surface area (Å²) in [5.74, 6) is 1.35. The van der Waals surface area contributed by atoms with E-state index in [1.54, 1.807) is 26.4 Å². The Labute approximate surface area is 273 Å². The number of nitrogens with zero attached hydrogens (tertiary/aromatic N) is 1. The minimum Gasteiger partial charge on any atom is -0.493 e. The third-order valence-electron chi connectivity index (χ3n) is 9.67. The van der Waals surface area contributed by atoms with Crippen molar-refractivity contribution in [2.45, 2.75) is 63.3 Å². The van der Waals surface area contributed by atoms with Crippen molar-refractivity contribution in [1.29, 1.82) is 0 Å². The summed E-state index contributed by atoms with van der Waals surface area (Å²) in [6.07, 6.45) is 5.81. The molecule has 46 heavy (non-hydrogen) atoms. The lowest BCUT2D eigenvalue weighted by molar-refractivity contribution is -0.121. The summed E-state index contributed by atoms with van der Waals surface area (Å²) in [4.78, 5) is 15.3. The fraction of sp³-hybridized carbons (Fsp3) is 0.375. The molecule has 0 radical (unpaired) electrons. The van der Waals surface area contributed by atoms with E-state index in [4.69, 9.17) is 9.47 Å². The van der Waals surface area contributed by atoms with Crippen LogP contribution >= 0.6 is 0 Å². The zero-order chi connectivity index (χ0) is 32.4. The lowest BCUT2D eigenvalue weighted by Crippen LogP contribution is -2.36. The van der Waals surface area contributed by atoms with Gasteiger partial charge in [-0.2, -0.15) is 0 Å². The maximum Gasteiger partial charge on any atom is 0.220 e. The largest absolute Gasteiger partial charge is 0.493 e. The average Bonchev–Trinajstić information content (AvgIpc) is 3.10. The summed E-state index contributed by atoms with van der Waals surface area (Å²) in [7, 11) is 3.39. The van der Waals surface area contributed by atoms with E-state index in [2.05, 4.69) is 89.9 Å². The number of rotatable bonds is 15. The van der Waals surface area contributed by atoms with Crippen molar-refractivity contribution >= 4 is 5.91 Å². The Balaban J connectivity index is 1.26. The quantitative estimate of drug-likeness (QED) is 0.136. The highest BCUT2D eigenvalue weighted by atomic mass is 19.1. The van der Waals surface area contributed by atoms with E-state index in [1.165, 1.54) is 34.4 Å². The molecule has 1 aliphatic heterocycles. The lowest BCUT2D eigenvalue weighted by atomic mass is 9.68. The van der Waals surface area contributed by atoms with Crippen LogP contribution in [-0.4, -0.2) is 44.7 Å². The van der Waals surface area contributed by atoms with E-state index in [0.29, 0.717) is 19.4 Å². The number of carbonyl (C=O) groups excluding carboxylic acids is 1. The molecule has 0 aromatic heterocycles. The zero-order valence-electron chi connectivity index (χ0n) is 27.4. The number of hydrogen-bond donors (Lipinski definition) is 1. The van der Waals surface area contributed by atoms with Gasteiger partial charge in [-0.05, 0) is 104 Å². The molecule has 4 aromatic carbocycles. The van der Waals surface area contributed by atoms with Gasteiger partial charge in [0.15, 0.2) is 11.5 Å². The molecule has 1 unspecified atom stereocenters. The molecular formula is C40H47FN2O3. The molecule has 4 aromatic rings. The summed E-state index contributed by atoms with van der Waals surface area (Å²) in [6.45, 7) is 4.92. The van der Waals surface area contributed by atoms with Gasteiger partial charge in [-0.1, -0.05) is 72.8 Å². The van der Waals surface area contributed by atoms with Crippen molar-refractivity contribution in [1.82, 2.24) is 10.2 Å². The van der Waals surface area contributed by atoms with Crippen molar-refractivity contribution in [2.24, 2.45) is 0 Å². The molecule has 0 spiro atoms. The standard InChI is InChI=1S/C40H47FN2O3/c1-30-36-29-38(46-3)37(45-2)28-32(36)22-27-43(30)26-11-24-40(33-12-6-4-7-13-33,34-14-8-5-9-15-34)23-10-25-42-39(44)21-18-31-16-19-35(41)20-17-31/h4-9,12-17,19-20,28-30H,10-11,18,21-27H2,1-3H3,(H,42,44). The number of nitrogens with one attached hydrogen (secondary N) is 1. The van der Waals surface area contributed by atoms with Gasteiger partial charge in [0.2, 0.25) is 5.91 Å². The van der Waals surface area contributed by atoms with E-state index >= 15 is 0 Å². The van der Waals surface area contributed by atoms with Crippen molar-refractivity contribution in [3.05, 3.63) is 131 Å². The molecule has 0 saturated carbocycles. The average molecular weight is 623 g/mol. The second-order valence-electron chi connectivity index (χ2n) is 12.4. The van der Waals surface area contributed by atoms with Crippen LogP contribution in [0.2, 0.25) is 0 Å². The van der Waals surface area contributed by atoms with Gasteiger partial charge in [0.05, 0.1) is 14.2 Å². The summed E-state index contributed by atoms with van der Waals surface area (Å²) < 4.78 is 24.4. The highest BCUT2D eigenvalue weighted by molar-refractivity contribution is 5.76. The summed E-state index contributed by atoms with van der Waals surface area (Å²) in [5, 5.41) is 3.14. The molecule has 1 aliphatic rings. The number of halogens is 1. The topological polar surface area (TPSA) is 50.8 Å². The van der Waals surface area contributed by atoms with Gasteiger partial charge < -0.3 is 14.8 Å².